The molecule has 0 radical (unpaired) electrons. The van der Waals surface area contributed by atoms with Gasteiger partial charge in [0.1, 0.15) is 12.6 Å². The third-order valence-corrected chi connectivity index (χ3v) is 2.21. The van der Waals surface area contributed by atoms with Crippen LogP contribution in [0.25, 0.3) is 0 Å². The van der Waals surface area contributed by atoms with Crippen LogP contribution in [0.2, 0.25) is 0 Å². The third-order valence-electron chi connectivity index (χ3n) is 2.21. The lowest BCUT2D eigenvalue weighted by Gasteiger charge is -2.10. The fraction of sp³-hybridized carbons (Fsp3) is 0.308. The Morgan fingerprint density at radius 1 is 1.44 bits per heavy atom. The molecule has 0 unspecified atom stereocenters. The summed E-state index contributed by atoms with van der Waals surface area (Å²) in [6.07, 6.45) is 3.04. The van der Waals surface area contributed by atoms with Gasteiger partial charge in [-0.3, -0.25) is 4.79 Å². The second-order valence-electron chi connectivity index (χ2n) is 3.57. The minimum Gasteiger partial charge on any atom is -0.460 e. The van der Waals surface area contributed by atoms with Crippen LogP contribution in [-0.4, -0.2) is 12.0 Å². The molecule has 0 fully saturated rings. The number of ether oxygens (including phenoxy) is 1. The van der Waals surface area contributed by atoms with Crippen LogP contribution in [0.1, 0.15) is 18.4 Å². The van der Waals surface area contributed by atoms with E-state index in [4.69, 9.17) is 10.5 Å². The van der Waals surface area contributed by atoms with Gasteiger partial charge in [-0.05, 0) is 18.4 Å². The minimum absolute atomic E-state index is 0.279. The lowest BCUT2D eigenvalue weighted by Crippen LogP contribution is -2.31. The molecule has 1 atom stereocenters. The SMILES string of the molecule is C=CCC[C@H](N)C(=O)OCc1ccccc1. The predicted molar refractivity (Wildman–Crippen MR) is 63.6 cm³/mol. The van der Waals surface area contributed by atoms with Crippen LogP contribution in [-0.2, 0) is 16.1 Å². The first kappa shape index (κ1) is 12.5. The van der Waals surface area contributed by atoms with Crippen molar-refractivity contribution in [3.8, 4) is 0 Å². The van der Waals surface area contributed by atoms with Crippen LogP contribution < -0.4 is 5.73 Å². The maximum atomic E-state index is 11.4. The molecule has 0 aliphatic rings. The number of carbonyl (C=O) groups is 1. The number of esters is 1. The maximum absolute atomic E-state index is 11.4. The normalized spacial score (nSPS) is 11.8. The summed E-state index contributed by atoms with van der Waals surface area (Å²) in [4.78, 5) is 11.4. The molecule has 1 rings (SSSR count). The van der Waals surface area contributed by atoms with Gasteiger partial charge in [-0.2, -0.15) is 0 Å². The molecular formula is C13H17NO2. The van der Waals surface area contributed by atoms with E-state index in [1.165, 1.54) is 0 Å². The van der Waals surface area contributed by atoms with E-state index in [0.29, 0.717) is 6.42 Å². The number of carbonyl (C=O) groups excluding carboxylic acids is 1. The Balaban J connectivity index is 2.32. The van der Waals surface area contributed by atoms with Crippen LogP contribution in [0.3, 0.4) is 0 Å². The van der Waals surface area contributed by atoms with Gasteiger partial charge >= 0.3 is 5.97 Å². The van der Waals surface area contributed by atoms with Crippen LogP contribution >= 0.6 is 0 Å². The van der Waals surface area contributed by atoms with Gasteiger partial charge in [0.25, 0.3) is 0 Å². The molecule has 1 aromatic rings. The average Bonchev–Trinajstić information content (AvgIpc) is 2.34. The molecule has 0 aromatic heterocycles. The van der Waals surface area contributed by atoms with Gasteiger partial charge in [-0.25, -0.2) is 0 Å². The van der Waals surface area contributed by atoms with Gasteiger partial charge in [-0.15, -0.1) is 6.58 Å². The molecule has 0 saturated heterocycles. The standard InChI is InChI=1S/C13H17NO2/c1-2-3-9-12(14)13(15)16-10-11-7-5-4-6-8-11/h2,4-8,12H,1,3,9-10,14H2/t12-/m0/s1. The Kier molecular flexibility index (Phi) is 5.29. The monoisotopic (exact) mass is 219 g/mol. The zero-order valence-corrected chi connectivity index (χ0v) is 9.26. The molecule has 0 bridgehead atoms. The fourth-order valence-electron chi connectivity index (χ4n) is 1.25. The molecule has 2 N–H and O–H groups in total. The first-order chi connectivity index (χ1) is 7.74. The largest absolute Gasteiger partial charge is 0.460 e. The van der Waals surface area contributed by atoms with Gasteiger partial charge < -0.3 is 10.5 Å². The van der Waals surface area contributed by atoms with Gasteiger partial charge in [0, 0.05) is 0 Å². The Labute approximate surface area is 95.9 Å². The summed E-state index contributed by atoms with van der Waals surface area (Å²) in [5, 5.41) is 0. The topological polar surface area (TPSA) is 52.3 Å². The fourth-order valence-corrected chi connectivity index (χ4v) is 1.25. The van der Waals surface area contributed by atoms with Crippen molar-refractivity contribution in [3.63, 3.8) is 0 Å². The number of rotatable bonds is 6. The quantitative estimate of drug-likeness (QED) is 0.588. The lowest BCUT2D eigenvalue weighted by atomic mass is 10.2. The molecule has 0 aliphatic heterocycles. The highest BCUT2D eigenvalue weighted by atomic mass is 16.5. The molecule has 86 valence electrons. The summed E-state index contributed by atoms with van der Waals surface area (Å²) < 4.78 is 5.09. The van der Waals surface area contributed by atoms with Crippen LogP contribution in [0.5, 0.6) is 0 Å². The number of hydrogen-bond donors (Lipinski definition) is 1. The highest BCUT2D eigenvalue weighted by molar-refractivity contribution is 5.75. The van der Waals surface area contributed by atoms with Gasteiger partial charge in [-0.1, -0.05) is 36.4 Å². The molecule has 16 heavy (non-hydrogen) atoms. The Bertz CT molecular complexity index is 335. The molecule has 3 nitrogen and oxygen atoms in total. The molecule has 3 heteroatoms. The number of benzene rings is 1. The minimum atomic E-state index is -0.554. The van der Waals surface area contributed by atoms with E-state index in [1.807, 2.05) is 30.3 Å². The molecule has 0 saturated carbocycles. The maximum Gasteiger partial charge on any atom is 0.323 e. The highest BCUT2D eigenvalue weighted by Crippen LogP contribution is 2.03. The van der Waals surface area contributed by atoms with E-state index >= 15 is 0 Å². The molecule has 0 aliphatic carbocycles. The van der Waals surface area contributed by atoms with Crippen LogP contribution in [0, 0.1) is 0 Å². The van der Waals surface area contributed by atoms with Gasteiger partial charge in [0.05, 0.1) is 0 Å². The van der Waals surface area contributed by atoms with Crippen molar-refractivity contribution in [3.05, 3.63) is 48.6 Å². The van der Waals surface area contributed by atoms with E-state index in [1.54, 1.807) is 6.08 Å². The van der Waals surface area contributed by atoms with Crippen LogP contribution in [0.4, 0.5) is 0 Å². The summed E-state index contributed by atoms with van der Waals surface area (Å²) in [6, 6.07) is 8.98. The summed E-state index contributed by atoms with van der Waals surface area (Å²) in [5.41, 5.74) is 6.61. The second-order valence-corrected chi connectivity index (χ2v) is 3.57. The summed E-state index contributed by atoms with van der Waals surface area (Å²) >= 11 is 0. The number of hydrogen-bond acceptors (Lipinski definition) is 3. The predicted octanol–water partition coefficient (Wildman–Crippen LogP) is 2.02. The van der Waals surface area contributed by atoms with Crippen molar-refractivity contribution in [2.24, 2.45) is 5.73 Å². The molecule has 1 aromatic carbocycles. The van der Waals surface area contributed by atoms with Gasteiger partial charge in [0.2, 0.25) is 0 Å². The average molecular weight is 219 g/mol. The summed E-state index contributed by atoms with van der Waals surface area (Å²) in [5.74, 6) is -0.356. The third kappa shape index (κ3) is 4.28. The van der Waals surface area contributed by atoms with Crippen molar-refractivity contribution >= 4 is 5.97 Å². The molecule has 0 spiro atoms. The summed E-state index contributed by atoms with van der Waals surface area (Å²) in [6.45, 7) is 3.86. The van der Waals surface area contributed by atoms with Crippen LogP contribution in [0.15, 0.2) is 43.0 Å². The first-order valence-electron chi connectivity index (χ1n) is 5.31. The van der Waals surface area contributed by atoms with E-state index < -0.39 is 6.04 Å². The Hall–Kier alpha value is -1.61. The van der Waals surface area contributed by atoms with Crippen molar-refractivity contribution < 1.29 is 9.53 Å². The lowest BCUT2D eigenvalue weighted by molar-refractivity contribution is -0.146. The van der Waals surface area contributed by atoms with Crippen molar-refractivity contribution in [1.29, 1.82) is 0 Å². The Morgan fingerprint density at radius 2 is 2.12 bits per heavy atom. The molecular weight excluding hydrogens is 202 g/mol. The van der Waals surface area contributed by atoms with Gasteiger partial charge in [0.15, 0.2) is 0 Å². The van der Waals surface area contributed by atoms with E-state index in [9.17, 15) is 4.79 Å². The second kappa shape index (κ2) is 6.80. The number of allylic oxidation sites excluding steroid dienone is 1. The summed E-state index contributed by atoms with van der Waals surface area (Å²) in [7, 11) is 0. The van der Waals surface area contributed by atoms with Crippen molar-refractivity contribution in [2.45, 2.75) is 25.5 Å². The first-order valence-corrected chi connectivity index (χ1v) is 5.31. The Morgan fingerprint density at radius 3 is 2.75 bits per heavy atom. The van der Waals surface area contributed by atoms with Crippen molar-refractivity contribution in [1.82, 2.24) is 0 Å². The zero-order chi connectivity index (χ0) is 11.8. The number of nitrogens with two attached hydrogens (primary N) is 1. The zero-order valence-electron chi connectivity index (χ0n) is 9.26. The van der Waals surface area contributed by atoms with E-state index in [2.05, 4.69) is 6.58 Å². The molecule has 0 heterocycles. The smallest absolute Gasteiger partial charge is 0.323 e. The van der Waals surface area contributed by atoms with Crippen molar-refractivity contribution in [2.75, 3.05) is 0 Å². The molecule has 0 amide bonds. The van der Waals surface area contributed by atoms with E-state index in [0.717, 1.165) is 12.0 Å². The van der Waals surface area contributed by atoms with E-state index in [-0.39, 0.29) is 12.6 Å². The highest BCUT2D eigenvalue weighted by Gasteiger charge is 2.13.